The van der Waals surface area contributed by atoms with Crippen LogP contribution in [0.1, 0.15) is 53.0 Å². The van der Waals surface area contributed by atoms with Gasteiger partial charge >= 0.3 is 0 Å². The maximum Gasteiger partial charge on any atom is 0.256 e. The van der Waals surface area contributed by atoms with Gasteiger partial charge in [-0.2, -0.15) is 5.10 Å². The molecule has 5 rings (SSSR count). The molecular formula is C22H26N6O4. The third-order valence-corrected chi connectivity index (χ3v) is 6.70. The summed E-state index contributed by atoms with van der Waals surface area (Å²) in [5, 5.41) is 17.8. The van der Waals surface area contributed by atoms with E-state index in [1.165, 1.54) is 4.90 Å². The number of imide groups is 1. The quantitative estimate of drug-likeness (QED) is 0.648. The van der Waals surface area contributed by atoms with Crippen molar-refractivity contribution in [3.8, 4) is 0 Å². The molecule has 0 radical (unpaired) electrons. The summed E-state index contributed by atoms with van der Waals surface area (Å²) >= 11 is 0. The first-order valence-corrected chi connectivity index (χ1v) is 10.9. The number of rotatable bonds is 4. The number of carbonyl (C=O) groups excluding carboxylic acids is 3. The molecule has 168 valence electrons. The summed E-state index contributed by atoms with van der Waals surface area (Å²) in [5.74, 6) is -1.01. The molecule has 2 aromatic rings. The SMILES string of the molecule is Cn1cc(CN2CCC(O)(c3ccc4c(n3)CN([C@H]3CCC(=O)NC3=O)C4=O)CC2)cn1. The lowest BCUT2D eigenvalue weighted by molar-refractivity contribution is -0.136. The average Bonchev–Trinajstić information content (AvgIpc) is 3.32. The first-order chi connectivity index (χ1) is 15.3. The summed E-state index contributed by atoms with van der Waals surface area (Å²) in [6, 6.07) is 2.75. The fourth-order valence-electron chi connectivity index (χ4n) is 4.84. The van der Waals surface area contributed by atoms with Crippen LogP contribution in [-0.4, -0.2) is 66.5 Å². The van der Waals surface area contributed by atoms with E-state index in [1.807, 2.05) is 19.4 Å². The van der Waals surface area contributed by atoms with E-state index in [9.17, 15) is 19.5 Å². The van der Waals surface area contributed by atoms with Crippen LogP contribution in [0, 0.1) is 0 Å². The van der Waals surface area contributed by atoms with Gasteiger partial charge in [0.25, 0.3) is 5.91 Å². The molecule has 5 heterocycles. The van der Waals surface area contributed by atoms with Crippen molar-refractivity contribution in [3.05, 3.63) is 47.0 Å². The van der Waals surface area contributed by atoms with Crippen LogP contribution in [0.4, 0.5) is 0 Å². The monoisotopic (exact) mass is 438 g/mol. The standard InChI is InChI=1S/C22H26N6O4/c1-26-11-14(10-23-26)12-27-8-6-22(32,7-9-27)18-4-2-15-16(24-18)13-28(21(15)31)17-3-5-19(29)25-20(17)30/h2,4,10-11,17,32H,3,5-9,12-13H2,1H3,(H,25,29,30)/t17-/m0/s1. The number of aryl methyl sites for hydroxylation is 1. The number of aromatic nitrogens is 3. The molecule has 2 N–H and O–H groups in total. The molecule has 2 aromatic heterocycles. The summed E-state index contributed by atoms with van der Waals surface area (Å²) < 4.78 is 1.78. The van der Waals surface area contributed by atoms with E-state index in [0.717, 1.165) is 25.2 Å². The van der Waals surface area contributed by atoms with Crippen LogP contribution < -0.4 is 5.32 Å². The van der Waals surface area contributed by atoms with Crippen molar-refractivity contribution in [1.82, 2.24) is 29.9 Å². The largest absolute Gasteiger partial charge is 0.383 e. The Labute approximate surface area is 185 Å². The smallest absolute Gasteiger partial charge is 0.256 e. The molecule has 3 amide bonds. The van der Waals surface area contributed by atoms with Crippen molar-refractivity contribution in [3.63, 3.8) is 0 Å². The minimum absolute atomic E-state index is 0.206. The lowest BCUT2D eigenvalue weighted by Crippen LogP contribution is -2.52. The number of hydrogen-bond acceptors (Lipinski definition) is 7. The number of carbonyl (C=O) groups is 3. The molecule has 0 unspecified atom stereocenters. The molecule has 10 nitrogen and oxygen atoms in total. The summed E-state index contributed by atoms with van der Waals surface area (Å²) in [6.07, 6.45) is 5.47. The van der Waals surface area contributed by atoms with Crippen LogP contribution in [0.25, 0.3) is 0 Å². The Hall–Kier alpha value is -3.11. The van der Waals surface area contributed by atoms with E-state index in [2.05, 4.69) is 20.3 Å². The molecule has 0 bridgehead atoms. The molecule has 2 saturated heterocycles. The van der Waals surface area contributed by atoms with Gasteiger partial charge in [0, 0.05) is 44.9 Å². The minimum Gasteiger partial charge on any atom is -0.383 e. The maximum absolute atomic E-state index is 12.9. The third-order valence-electron chi connectivity index (χ3n) is 6.70. The van der Waals surface area contributed by atoms with E-state index < -0.39 is 17.6 Å². The zero-order chi connectivity index (χ0) is 22.5. The molecular weight excluding hydrogens is 412 g/mol. The van der Waals surface area contributed by atoms with E-state index in [-0.39, 0.29) is 24.8 Å². The van der Waals surface area contributed by atoms with Crippen molar-refractivity contribution >= 4 is 17.7 Å². The highest BCUT2D eigenvalue weighted by Crippen LogP contribution is 2.34. The van der Waals surface area contributed by atoms with E-state index >= 15 is 0 Å². The number of likely N-dealkylation sites (tertiary alicyclic amines) is 1. The van der Waals surface area contributed by atoms with Gasteiger partial charge in [-0.05, 0) is 31.4 Å². The Kier molecular flexibility index (Phi) is 5.06. The van der Waals surface area contributed by atoms with Gasteiger partial charge < -0.3 is 10.0 Å². The van der Waals surface area contributed by atoms with Gasteiger partial charge in [-0.1, -0.05) is 0 Å². The summed E-state index contributed by atoms with van der Waals surface area (Å²) in [7, 11) is 1.89. The van der Waals surface area contributed by atoms with Gasteiger partial charge in [0.15, 0.2) is 0 Å². The van der Waals surface area contributed by atoms with Crippen LogP contribution in [0.15, 0.2) is 24.5 Å². The van der Waals surface area contributed by atoms with Crippen LogP contribution in [0.3, 0.4) is 0 Å². The van der Waals surface area contributed by atoms with Gasteiger partial charge in [-0.25, -0.2) is 0 Å². The summed E-state index contributed by atoms with van der Waals surface area (Å²) in [6.45, 7) is 2.45. The van der Waals surface area contributed by atoms with Gasteiger partial charge in [0.1, 0.15) is 11.6 Å². The second-order valence-electron chi connectivity index (χ2n) is 8.92. The number of nitrogens with one attached hydrogen (secondary N) is 1. The molecule has 32 heavy (non-hydrogen) atoms. The number of fused-ring (bicyclic) bond motifs is 1. The van der Waals surface area contributed by atoms with Crippen molar-refractivity contribution in [2.45, 2.75) is 50.4 Å². The van der Waals surface area contributed by atoms with E-state index in [0.29, 0.717) is 36.2 Å². The Bertz CT molecular complexity index is 1090. The Balaban J connectivity index is 1.28. The third kappa shape index (κ3) is 3.69. The fraction of sp³-hybridized carbons (Fsp3) is 0.500. The lowest BCUT2D eigenvalue weighted by atomic mass is 9.87. The first kappa shape index (κ1) is 20.8. The number of pyridine rings is 1. The number of nitrogens with zero attached hydrogens (tertiary/aromatic N) is 5. The van der Waals surface area contributed by atoms with Crippen molar-refractivity contribution in [1.29, 1.82) is 0 Å². The van der Waals surface area contributed by atoms with Gasteiger partial charge in [0.2, 0.25) is 11.8 Å². The molecule has 0 aromatic carbocycles. The number of aliphatic hydroxyl groups is 1. The molecule has 0 saturated carbocycles. The molecule has 3 aliphatic rings. The number of hydrogen-bond donors (Lipinski definition) is 2. The molecule has 0 spiro atoms. The van der Waals surface area contributed by atoms with Crippen molar-refractivity contribution in [2.24, 2.45) is 7.05 Å². The molecule has 3 aliphatic heterocycles. The highest BCUT2D eigenvalue weighted by Gasteiger charge is 2.41. The molecule has 2 fully saturated rings. The zero-order valence-electron chi connectivity index (χ0n) is 18.0. The lowest BCUT2D eigenvalue weighted by Gasteiger charge is -2.37. The minimum atomic E-state index is -1.05. The van der Waals surface area contributed by atoms with Crippen LogP contribution >= 0.6 is 0 Å². The van der Waals surface area contributed by atoms with E-state index in [4.69, 9.17) is 0 Å². The topological polar surface area (TPSA) is 121 Å². The van der Waals surface area contributed by atoms with Crippen LogP contribution in [-0.2, 0) is 35.3 Å². The Morgan fingerprint density at radius 2 is 2.00 bits per heavy atom. The van der Waals surface area contributed by atoms with Crippen molar-refractivity contribution in [2.75, 3.05) is 13.1 Å². The normalized spacial score (nSPS) is 23.4. The van der Waals surface area contributed by atoms with Crippen LogP contribution in [0.2, 0.25) is 0 Å². The molecule has 0 aliphatic carbocycles. The van der Waals surface area contributed by atoms with Gasteiger partial charge in [0.05, 0.1) is 29.7 Å². The second kappa shape index (κ2) is 7.79. The highest BCUT2D eigenvalue weighted by atomic mass is 16.3. The summed E-state index contributed by atoms with van der Waals surface area (Å²) in [4.78, 5) is 44.9. The predicted octanol–water partition coefficient (Wildman–Crippen LogP) is 0.0597. The maximum atomic E-state index is 12.9. The Morgan fingerprint density at radius 1 is 1.22 bits per heavy atom. The molecule has 10 heteroatoms. The highest BCUT2D eigenvalue weighted by molar-refractivity contribution is 6.05. The number of amides is 3. The van der Waals surface area contributed by atoms with Crippen molar-refractivity contribution < 1.29 is 19.5 Å². The zero-order valence-corrected chi connectivity index (χ0v) is 18.0. The fourth-order valence-corrected chi connectivity index (χ4v) is 4.84. The second-order valence-corrected chi connectivity index (χ2v) is 8.92. The summed E-state index contributed by atoms with van der Waals surface area (Å²) in [5.41, 5.74) is 1.68. The Morgan fingerprint density at radius 3 is 2.69 bits per heavy atom. The predicted molar refractivity (Wildman–Crippen MR) is 112 cm³/mol. The van der Waals surface area contributed by atoms with E-state index in [1.54, 1.807) is 16.8 Å². The van der Waals surface area contributed by atoms with Crippen LogP contribution in [0.5, 0.6) is 0 Å². The van der Waals surface area contributed by atoms with Gasteiger partial charge in [-0.15, -0.1) is 0 Å². The van der Waals surface area contributed by atoms with Gasteiger partial charge in [-0.3, -0.25) is 34.3 Å². The molecule has 1 atom stereocenters. The number of piperidine rings is 2. The first-order valence-electron chi connectivity index (χ1n) is 10.9. The average molecular weight is 438 g/mol.